The molecule has 0 aromatic carbocycles. The van der Waals surface area contributed by atoms with Crippen molar-refractivity contribution in [3.05, 3.63) is 0 Å². The standard InChI is InChI=1S/C6H13NO2/c1-5(9)6(4-8)7(2)3/h4-6,9H,1-3H3. The van der Waals surface area contributed by atoms with Gasteiger partial charge in [0.15, 0.2) is 0 Å². The van der Waals surface area contributed by atoms with Gasteiger partial charge in [0, 0.05) is 0 Å². The molecule has 0 saturated heterocycles. The summed E-state index contributed by atoms with van der Waals surface area (Å²) in [6.45, 7) is 1.60. The number of rotatable bonds is 3. The normalized spacial score (nSPS) is 17.4. The van der Waals surface area contributed by atoms with Gasteiger partial charge in [-0.2, -0.15) is 0 Å². The van der Waals surface area contributed by atoms with Crippen molar-refractivity contribution in [2.45, 2.75) is 19.1 Å². The van der Waals surface area contributed by atoms with Crippen molar-refractivity contribution < 1.29 is 9.90 Å². The van der Waals surface area contributed by atoms with Crippen molar-refractivity contribution in [1.82, 2.24) is 4.90 Å². The summed E-state index contributed by atoms with van der Waals surface area (Å²) in [7, 11) is 3.51. The van der Waals surface area contributed by atoms with Gasteiger partial charge in [0.05, 0.1) is 12.1 Å². The van der Waals surface area contributed by atoms with Crippen LogP contribution in [-0.4, -0.2) is 42.5 Å². The number of carbonyl (C=O) groups excluding carboxylic acids is 1. The van der Waals surface area contributed by atoms with Crippen molar-refractivity contribution in [1.29, 1.82) is 0 Å². The second kappa shape index (κ2) is 3.58. The molecule has 0 aliphatic heterocycles. The predicted molar refractivity (Wildman–Crippen MR) is 35.2 cm³/mol. The number of hydrogen-bond acceptors (Lipinski definition) is 3. The molecule has 0 amide bonds. The maximum atomic E-state index is 10.2. The molecule has 0 heterocycles. The van der Waals surface area contributed by atoms with Crippen LogP contribution in [-0.2, 0) is 4.79 Å². The maximum Gasteiger partial charge on any atom is 0.139 e. The molecule has 0 bridgehead atoms. The molecule has 2 atom stereocenters. The summed E-state index contributed by atoms with van der Waals surface area (Å²) in [4.78, 5) is 11.9. The first-order valence-corrected chi connectivity index (χ1v) is 2.89. The fourth-order valence-corrected chi connectivity index (χ4v) is 0.667. The molecule has 0 radical (unpaired) electrons. The molecule has 0 aromatic heterocycles. The SMILES string of the molecule is CC(O)C(C=O)N(C)C. The van der Waals surface area contributed by atoms with Gasteiger partial charge >= 0.3 is 0 Å². The Labute approximate surface area is 55.3 Å². The molecule has 0 rings (SSSR count). The lowest BCUT2D eigenvalue weighted by molar-refractivity contribution is -0.114. The summed E-state index contributed by atoms with van der Waals surface area (Å²) < 4.78 is 0. The molecule has 0 spiro atoms. The smallest absolute Gasteiger partial charge is 0.139 e. The molecule has 3 heteroatoms. The highest BCUT2D eigenvalue weighted by Gasteiger charge is 2.14. The van der Waals surface area contributed by atoms with Crippen molar-refractivity contribution in [2.24, 2.45) is 0 Å². The van der Waals surface area contributed by atoms with Crippen LogP contribution in [0.5, 0.6) is 0 Å². The molecule has 0 aliphatic rings. The van der Waals surface area contributed by atoms with Crippen LogP contribution in [0.1, 0.15) is 6.92 Å². The largest absolute Gasteiger partial charge is 0.391 e. The van der Waals surface area contributed by atoms with E-state index in [1.165, 1.54) is 0 Å². The Kier molecular flexibility index (Phi) is 3.42. The summed E-state index contributed by atoms with van der Waals surface area (Å²) in [5.41, 5.74) is 0. The van der Waals surface area contributed by atoms with E-state index in [1.54, 1.807) is 25.9 Å². The van der Waals surface area contributed by atoms with Crippen molar-refractivity contribution in [3.63, 3.8) is 0 Å². The van der Waals surface area contributed by atoms with Crippen LogP contribution in [0, 0.1) is 0 Å². The summed E-state index contributed by atoms with van der Waals surface area (Å²) in [5, 5.41) is 8.91. The summed E-state index contributed by atoms with van der Waals surface area (Å²) in [6, 6.07) is -0.370. The third-order valence-electron chi connectivity index (χ3n) is 1.23. The molecule has 0 saturated carbocycles. The predicted octanol–water partition coefficient (Wildman–Crippen LogP) is -0.504. The molecule has 9 heavy (non-hydrogen) atoms. The molecular formula is C6H13NO2. The number of nitrogens with zero attached hydrogens (tertiary/aromatic N) is 1. The Morgan fingerprint density at radius 3 is 2.00 bits per heavy atom. The lowest BCUT2D eigenvalue weighted by atomic mass is 10.2. The topological polar surface area (TPSA) is 40.5 Å². The van der Waals surface area contributed by atoms with E-state index >= 15 is 0 Å². The van der Waals surface area contributed by atoms with E-state index in [1.807, 2.05) is 0 Å². The number of hydrogen-bond donors (Lipinski definition) is 1. The van der Waals surface area contributed by atoms with E-state index in [2.05, 4.69) is 0 Å². The van der Waals surface area contributed by atoms with Gasteiger partial charge in [-0.05, 0) is 21.0 Å². The van der Waals surface area contributed by atoms with Crippen LogP contribution in [0.25, 0.3) is 0 Å². The quantitative estimate of drug-likeness (QED) is 0.525. The van der Waals surface area contributed by atoms with Gasteiger partial charge in [-0.15, -0.1) is 0 Å². The second-order valence-electron chi connectivity index (χ2n) is 2.33. The number of aliphatic hydroxyl groups excluding tert-OH is 1. The Bertz CT molecular complexity index is 83.1. The van der Waals surface area contributed by atoms with E-state index in [0.717, 1.165) is 6.29 Å². The van der Waals surface area contributed by atoms with Crippen molar-refractivity contribution >= 4 is 6.29 Å². The number of aldehydes is 1. The van der Waals surface area contributed by atoms with Crippen LogP contribution in [0.2, 0.25) is 0 Å². The highest BCUT2D eigenvalue weighted by Crippen LogP contribution is 1.94. The summed E-state index contributed by atoms with van der Waals surface area (Å²) in [5.74, 6) is 0. The molecule has 2 unspecified atom stereocenters. The van der Waals surface area contributed by atoms with Gasteiger partial charge in [-0.3, -0.25) is 4.90 Å². The van der Waals surface area contributed by atoms with Gasteiger partial charge in [-0.25, -0.2) is 0 Å². The molecular weight excluding hydrogens is 118 g/mol. The summed E-state index contributed by atoms with van der Waals surface area (Å²) >= 11 is 0. The Morgan fingerprint density at radius 2 is 2.00 bits per heavy atom. The van der Waals surface area contributed by atoms with E-state index in [0.29, 0.717) is 0 Å². The highest BCUT2D eigenvalue weighted by atomic mass is 16.3. The Hall–Kier alpha value is -0.410. The van der Waals surface area contributed by atoms with E-state index in [-0.39, 0.29) is 6.04 Å². The fourth-order valence-electron chi connectivity index (χ4n) is 0.667. The first-order valence-electron chi connectivity index (χ1n) is 2.89. The van der Waals surface area contributed by atoms with Crippen LogP contribution in [0.3, 0.4) is 0 Å². The van der Waals surface area contributed by atoms with Crippen LogP contribution in [0.15, 0.2) is 0 Å². The van der Waals surface area contributed by atoms with Gasteiger partial charge < -0.3 is 9.90 Å². The van der Waals surface area contributed by atoms with Gasteiger partial charge in [0.2, 0.25) is 0 Å². The zero-order valence-corrected chi connectivity index (χ0v) is 6.03. The molecule has 0 aliphatic carbocycles. The van der Waals surface area contributed by atoms with Crippen molar-refractivity contribution in [3.8, 4) is 0 Å². The van der Waals surface area contributed by atoms with Crippen molar-refractivity contribution in [2.75, 3.05) is 14.1 Å². The zero-order valence-electron chi connectivity index (χ0n) is 6.03. The monoisotopic (exact) mass is 131 g/mol. The molecule has 0 aromatic rings. The molecule has 54 valence electrons. The van der Waals surface area contributed by atoms with Gasteiger partial charge in [0.25, 0.3) is 0 Å². The number of likely N-dealkylation sites (N-methyl/N-ethyl adjacent to an activating group) is 1. The average Bonchev–Trinajstić information content (AvgIpc) is 1.64. The third-order valence-corrected chi connectivity index (χ3v) is 1.23. The van der Waals surface area contributed by atoms with Crippen LogP contribution < -0.4 is 0 Å². The minimum absolute atomic E-state index is 0.370. The number of aliphatic hydroxyl groups is 1. The summed E-state index contributed by atoms with van der Waals surface area (Å²) in [6.07, 6.45) is 0.155. The van der Waals surface area contributed by atoms with Gasteiger partial charge in [-0.1, -0.05) is 0 Å². The molecule has 0 fully saturated rings. The lowest BCUT2D eigenvalue weighted by Crippen LogP contribution is -2.38. The van der Waals surface area contributed by atoms with E-state index < -0.39 is 6.10 Å². The third kappa shape index (κ3) is 2.58. The Balaban J connectivity index is 3.82. The van der Waals surface area contributed by atoms with Gasteiger partial charge in [0.1, 0.15) is 6.29 Å². The highest BCUT2D eigenvalue weighted by molar-refractivity contribution is 5.58. The average molecular weight is 131 g/mol. The van der Waals surface area contributed by atoms with E-state index in [9.17, 15) is 4.79 Å². The molecule has 3 nitrogen and oxygen atoms in total. The van der Waals surface area contributed by atoms with E-state index in [4.69, 9.17) is 5.11 Å². The number of carbonyl (C=O) groups is 1. The maximum absolute atomic E-state index is 10.2. The Morgan fingerprint density at radius 1 is 1.56 bits per heavy atom. The second-order valence-corrected chi connectivity index (χ2v) is 2.33. The van der Waals surface area contributed by atoms with Crippen LogP contribution >= 0.6 is 0 Å². The fraction of sp³-hybridized carbons (Fsp3) is 0.833. The van der Waals surface area contributed by atoms with Crippen LogP contribution in [0.4, 0.5) is 0 Å². The lowest BCUT2D eigenvalue weighted by Gasteiger charge is -2.20. The molecule has 1 N–H and O–H groups in total. The zero-order chi connectivity index (χ0) is 7.44. The minimum atomic E-state index is -0.586. The minimum Gasteiger partial charge on any atom is -0.391 e. The first kappa shape index (κ1) is 8.59. The first-order chi connectivity index (χ1) is 4.09.